The molecule has 3 heterocycles. The molecular formula is C21H13Cl2N3O2S4. The Bertz CT molecular complexity index is 1600. The quantitative estimate of drug-likeness (QED) is 0.144. The Kier molecular flexibility index (Phi) is 6.04. The second-order valence-corrected chi connectivity index (χ2v) is 11.1. The van der Waals surface area contributed by atoms with Crippen molar-refractivity contribution in [3.63, 3.8) is 0 Å². The lowest BCUT2D eigenvalue weighted by Gasteiger charge is -2.11. The maximum absolute atomic E-state index is 12.8. The van der Waals surface area contributed by atoms with Gasteiger partial charge in [0.2, 0.25) is 0 Å². The standard InChI is InChI=1S/C21H13Cl2N3O2S4/c1-28-15-4-2-12(23)7-14(15)26-18-17(32-21(26)29)19(27)25-20(24-18)31-9-10-8-30-16-5-3-11(22)6-13(10)16/h2-8H,9H2,1H3,(H,24,25,27). The fourth-order valence-electron chi connectivity index (χ4n) is 3.32. The van der Waals surface area contributed by atoms with Gasteiger partial charge in [-0.15, -0.1) is 11.3 Å². The maximum Gasteiger partial charge on any atom is 0.271 e. The Labute approximate surface area is 209 Å². The summed E-state index contributed by atoms with van der Waals surface area (Å²) in [6, 6.07) is 11.1. The number of aromatic amines is 1. The molecular weight excluding hydrogens is 525 g/mol. The predicted molar refractivity (Wildman–Crippen MR) is 138 cm³/mol. The van der Waals surface area contributed by atoms with Crippen LogP contribution in [0.2, 0.25) is 10.0 Å². The molecule has 5 nitrogen and oxygen atoms in total. The smallest absolute Gasteiger partial charge is 0.271 e. The summed E-state index contributed by atoms with van der Waals surface area (Å²) in [6.45, 7) is 0. The summed E-state index contributed by atoms with van der Waals surface area (Å²) < 4.78 is 9.33. The van der Waals surface area contributed by atoms with Crippen molar-refractivity contribution >= 4 is 90.3 Å². The van der Waals surface area contributed by atoms with Crippen LogP contribution in [0.25, 0.3) is 26.1 Å². The Morgan fingerprint density at radius 1 is 1.22 bits per heavy atom. The number of H-pyrrole nitrogens is 1. The van der Waals surface area contributed by atoms with Crippen LogP contribution < -0.4 is 10.3 Å². The number of aromatic nitrogens is 3. The number of methoxy groups -OCH3 is 1. The first-order valence-electron chi connectivity index (χ1n) is 9.23. The van der Waals surface area contributed by atoms with Crippen LogP contribution in [-0.4, -0.2) is 21.6 Å². The molecule has 1 N–H and O–H groups in total. The molecule has 32 heavy (non-hydrogen) atoms. The van der Waals surface area contributed by atoms with Gasteiger partial charge in [0.25, 0.3) is 5.56 Å². The summed E-state index contributed by atoms with van der Waals surface area (Å²) in [5, 5.41) is 4.95. The van der Waals surface area contributed by atoms with E-state index in [0.717, 1.165) is 10.9 Å². The van der Waals surface area contributed by atoms with Crippen molar-refractivity contribution in [3.05, 3.63) is 71.7 Å². The molecule has 0 radical (unpaired) electrons. The van der Waals surface area contributed by atoms with Gasteiger partial charge < -0.3 is 9.72 Å². The van der Waals surface area contributed by atoms with Crippen LogP contribution in [0.5, 0.6) is 5.75 Å². The lowest BCUT2D eigenvalue weighted by atomic mass is 10.2. The number of hydrogen-bond donors (Lipinski definition) is 1. The zero-order chi connectivity index (χ0) is 22.4. The van der Waals surface area contributed by atoms with Crippen LogP contribution >= 0.6 is 69.9 Å². The fourth-order valence-corrected chi connectivity index (χ4v) is 6.82. The fraction of sp³-hybridized carbons (Fsp3) is 0.0952. The SMILES string of the molecule is COc1ccc(Cl)cc1-n1c(=S)sc2c(=O)[nH]c(SCc3csc4ccc(Cl)cc34)nc21. The molecule has 0 unspecified atom stereocenters. The number of nitrogens with one attached hydrogen (secondary N) is 1. The highest BCUT2D eigenvalue weighted by molar-refractivity contribution is 7.98. The average Bonchev–Trinajstić information content (AvgIpc) is 3.32. The van der Waals surface area contributed by atoms with Gasteiger partial charge in [-0.3, -0.25) is 9.36 Å². The number of thiophene rings is 1. The van der Waals surface area contributed by atoms with Gasteiger partial charge in [-0.25, -0.2) is 4.98 Å². The highest BCUT2D eigenvalue weighted by Crippen LogP contribution is 2.34. The molecule has 2 aromatic carbocycles. The van der Waals surface area contributed by atoms with Crippen molar-refractivity contribution in [1.29, 1.82) is 0 Å². The number of thiazole rings is 1. The molecule has 0 spiro atoms. The van der Waals surface area contributed by atoms with Crippen LogP contribution in [0.4, 0.5) is 0 Å². The average molecular weight is 539 g/mol. The summed E-state index contributed by atoms with van der Waals surface area (Å²) >= 11 is 22.3. The lowest BCUT2D eigenvalue weighted by molar-refractivity contribution is 0.413. The Morgan fingerprint density at radius 2 is 2.00 bits per heavy atom. The van der Waals surface area contributed by atoms with Gasteiger partial charge in [-0.05, 0) is 64.9 Å². The van der Waals surface area contributed by atoms with Gasteiger partial charge in [0.05, 0.1) is 12.8 Å². The number of rotatable bonds is 5. The van der Waals surface area contributed by atoms with Gasteiger partial charge in [0.1, 0.15) is 10.4 Å². The minimum absolute atomic E-state index is 0.230. The molecule has 5 aromatic rings. The minimum atomic E-state index is -0.230. The van der Waals surface area contributed by atoms with E-state index < -0.39 is 0 Å². The molecule has 0 aliphatic carbocycles. The molecule has 5 rings (SSSR count). The molecule has 0 atom stereocenters. The highest BCUT2D eigenvalue weighted by atomic mass is 35.5. The van der Waals surface area contributed by atoms with Gasteiger partial charge in [-0.2, -0.15) is 0 Å². The molecule has 3 aromatic heterocycles. The van der Waals surface area contributed by atoms with Crippen LogP contribution in [0, 0.1) is 3.95 Å². The molecule has 0 fully saturated rings. The minimum Gasteiger partial charge on any atom is -0.495 e. The summed E-state index contributed by atoms with van der Waals surface area (Å²) in [4.78, 5) is 20.4. The van der Waals surface area contributed by atoms with Gasteiger partial charge >= 0.3 is 0 Å². The number of hydrogen-bond acceptors (Lipinski definition) is 7. The first-order valence-corrected chi connectivity index (χ1v) is 13.1. The van der Waals surface area contributed by atoms with Crippen molar-refractivity contribution in [3.8, 4) is 11.4 Å². The number of halogens is 2. The molecule has 0 aliphatic heterocycles. The molecule has 11 heteroatoms. The van der Waals surface area contributed by atoms with Crippen LogP contribution in [-0.2, 0) is 5.75 Å². The Balaban J connectivity index is 1.58. The number of benzene rings is 2. The Hall–Kier alpha value is -1.88. The highest BCUT2D eigenvalue weighted by Gasteiger charge is 2.17. The Morgan fingerprint density at radius 3 is 2.81 bits per heavy atom. The maximum atomic E-state index is 12.8. The predicted octanol–water partition coefficient (Wildman–Crippen LogP) is 7.33. The van der Waals surface area contributed by atoms with E-state index >= 15 is 0 Å². The molecule has 0 saturated carbocycles. The van der Waals surface area contributed by atoms with E-state index in [2.05, 4.69) is 10.4 Å². The van der Waals surface area contributed by atoms with E-state index in [0.29, 0.717) is 46.7 Å². The van der Waals surface area contributed by atoms with Crippen molar-refractivity contribution in [1.82, 2.24) is 14.5 Å². The van der Waals surface area contributed by atoms with Crippen LogP contribution in [0.3, 0.4) is 0 Å². The van der Waals surface area contributed by atoms with E-state index in [1.54, 1.807) is 41.2 Å². The monoisotopic (exact) mass is 537 g/mol. The first kappa shape index (κ1) is 21.9. The van der Waals surface area contributed by atoms with E-state index in [9.17, 15) is 4.79 Å². The zero-order valence-electron chi connectivity index (χ0n) is 16.3. The second kappa shape index (κ2) is 8.81. The number of fused-ring (bicyclic) bond motifs is 2. The molecule has 162 valence electrons. The molecule has 0 amide bonds. The van der Waals surface area contributed by atoms with E-state index in [1.807, 2.05) is 18.2 Å². The summed E-state index contributed by atoms with van der Waals surface area (Å²) in [6.07, 6.45) is 0. The van der Waals surface area contributed by atoms with Gasteiger partial charge in [0, 0.05) is 20.5 Å². The van der Waals surface area contributed by atoms with Crippen molar-refractivity contribution in [2.45, 2.75) is 10.9 Å². The molecule has 0 aliphatic rings. The third kappa shape index (κ3) is 3.98. The van der Waals surface area contributed by atoms with E-state index in [4.69, 9.17) is 45.1 Å². The third-order valence-corrected chi connectivity index (χ3v) is 8.55. The molecule has 0 saturated heterocycles. The van der Waals surface area contributed by atoms with Crippen molar-refractivity contribution in [2.75, 3.05) is 7.11 Å². The molecule has 0 bridgehead atoms. The van der Waals surface area contributed by atoms with Crippen molar-refractivity contribution < 1.29 is 4.74 Å². The summed E-state index contributed by atoms with van der Waals surface area (Å²) in [5.41, 5.74) is 2.03. The normalized spacial score (nSPS) is 11.5. The number of nitrogens with zero attached hydrogens (tertiary/aromatic N) is 2. The van der Waals surface area contributed by atoms with Crippen LogP contribution in [0.1, 0.15) is 5.56 Å². The van der Waals surface area contributed by atoms with Crippen LogP contribution in [0.15, 0.2) is 51.7 Å². The zero-order valence-corrected chi connectivity index (χ0v) is 21.1. The first-order chi connectivity index (χ1) is 15.4. The second-order valence-electron chi connectivity index (χ2n) is 6.73. The largest absolute Gasteiger partial charge is 0.495 e. The van der Waals surface area contributed by atoms with Crippen molar-refractivity contribution in [2.24, 2.45) is 0 Å². The third-order valence-electron chi connectivity index (χ3n) is 4.78. The lowest BCUT2D eigenvalue weighted by Crippen LogP contribution is -2.09. The summed E-state index contributed by atoms with van der Waals surface area (Å²) in [5.74, 6) is 1.23. The van der Waals surface area contributed by atoms with Gasteiger partial charge in [-0.1, -0.05) is 46.3 Å². The van der Waals surface area contributed by atoms with E-state index in [-0.39, 0.29) is 5.56 Å². The van der Waals surface area contributed by atoms with Gasteiger partial charge in [0.15, 0.2) is 14.8 Å². The summed E-state index contributed by atoms with van der Waals surface area (Å²) in [7, 11) is 1.57. The number of thioether (sulfide) groups is 1. The van der Waals surface area contributed by atoms with E-state index in [1.165, 1.54) is 27.8 Å². The number of ether oxygens (including phenoxy) is 1. The topological polar surface area (TPSA) is 59.9 Å².